The van der Waals surface area contributed by atoms with Crippen molar-refractivity contribution in [1.29, 1.82) is 0 Å². The van der Waals surface area contributed by atoms with Crippen LogP contribution < -0.4 is 5.32 Å². The number of nitrogens with one attached hydrogen (secondary N) is 1. The van der Waals surface area contributed by atoms with Crippen LogP contribution in [0.2, 0.25) is 0 Å². The summed E-state index contributed by atoms with van der Waals surface area (Å²) in [7, 11) is 0. The van der Waals surface area contributed by atoms with E-state index in [4.69, 9.17) is 5.11 Å². The van der Waals surface area contributed by atoms with Gasteiger partial charge in [-0.05, 0) is 32.9 Å². The molecule has 0 aliphatic heterocycles. The molecule has 1 rings (SSSR count). The summed E-state index contributed by atoms with van der Waals surface area (Å²) in [5, 5.41) is 11.9. The van der Waals surface area contributed by atoms with E-state index in [9.17, 15) is 9.59 Å². The van der Waals surface area contributed by atoms with Crippen LogP contribution in [-0.4, -0.2) is 41.1 Å². The molecule has 2 atom stereocenters. The molecule has 0 saturated heterocycles. The molecule has 0 aromatic carbocycles. The Balaban J connectivity index is 2.51. The number of carbonyl (C=O) groups is 2. The van der Waals surface area contributed by atoms with Gasteiger partial charge < -0.3 is 15.3 Å². The highest BCUT2D eigenvalue weighted by Crippen LogP contribution is 2.16. The first kappa shape index (κ1) is 17.5. The van der Waals surface area contributed by atoms with E-state index in [1.807, 2.05) is 13.8 Å². The van der Waals surface area contributed by atoms with Gasteiger partial charge in [-0.3, -0.25) is 4.79 Å². The molecule has 6 heteroatoms. The number of rotatable bonds is 7. The van der Waals surface area contributed by atoms with Crippen molar-refractivity contribution in [3.63, 3.8) is 0 Å². The van der Waals surface area contributed by atoms with Crippen LogP contribution in [0.4, 0.5) is 4.79 Å². The lowest BCUT2D eigenvalue weighted by molar-refractivity contribution is -0.141. The first-order chi connectivity index (χ1) is 9.83. The lowest BCUT2D eigenvalue weighted by atomic mass is 10.1. The number of amides is 2. The number of carboxylic acids is 1. The van der Waals surface area contributed by atoms with Crippen LogP contribution in [0.25, 0.3) is 0 Å². The predicted molar refractivity (Wildman–Crippen MR) is 84.8 cm³/mol. The number of carboxylic acid groups (broad SMARTS) is 1. The maximum atomic E-state index is 12.2. The molecule has 2 unspecified atom stereocenters. The Hall–Kier alpha value is -1.56. The second-order valence-electron chi connectivity index (χ2n) is 5.34. The predicted octanol–water partition coefficient (Wildman–Crippen LogP) is 2.74. The fourth-order valence-corrected chi connectivity index (χ4v) is 3.03. The molecule has 0 aliphatic rings. The molecule has 2 N–H and O–H groups in total. The van der Waals surface area contributed by atoms with Gasteiger partial charge in [0.1, 0.15) is 0 Å². The number of hydrogen-bond acceptors (Lipinski definition) is 3. The van der Waals surface area contributed by atoms with E-state index < -0.39 is 11.9 Å². The third-order valence-electron chi connectivity index (χ3n) is 3.26. The van der Waals surface area contributed by atoms with Crippen LogP contribution in [-0.2, 0) is 11.2 Å². The largest absolute Gasteiger partial charge is 0.481 e. The summed E-state index contributed by atoms with van der Waals surface area (Å²) in [6.45, 7) is 8.19. The molecule has 1 aromatic heterocycles. The highest BCUT2D eigenvalue weighted by molar-refractivity contribution is 7.11. The summed E-state index contributed by atoms with van der Waals surface area (Å²) < 4.78 is 0. The average Bonchev–Trinajstić information content (AvgIpc) is 2.80. The molecular formula is C15H24N2O3S. The maximum absolute atomic E-state index is 12.2. The Morgan fingerprint density at radius 3 is 2.52 bits per heavy atom. The van der Waals surface area contributed by atoms with Gasteiger partial charge in [-0.1, -0.05) is 6.92 Å². The van der Waals surface area contributed by atoms with Crippen molar-refractivity contribution in [1.82, 2.24) is 10.2 Å². The number of nitrogens with zero attached hydrogens (tertiary/aromatic N) is 1. The highest BCUT2D eigenvalue weighted by atomic mass is 32.1. The molecule has 1 aromatic rings. The Bertz CT molecular complexity index is 487. The van der Waals surface area contributed by atoms with E-state index in [2.05, 4.69) is 24.4 Å². The zero-order chi connectivity index (χ0) is 16.0. The van der Waals surface area contributed by atoms with E-state index in [1.54, 1.807) is 18.3 Å². The standard InChI is InChI=1S/C15H24N2O3S/c1-5-17(9-10(2)14(18)19)15(20)16-11(3)8-13-7-6-12(4)21-13/h6-7,10-11H,5,8-9H2,1-4H3,(H,16,20)(H,18,19). The van der Waals surface area contributed by atoms with Gasteiger partial charge in [-0.2, -0.15) is 0 Å². The van der Waals surface area contributed by atoms with Crippen molar-refractivity contribution in [2.75, 3.05) is 13.1 Å². The first-order valence-corrected chi connectivity index (χ1v) is 7.98. The average molecular weight is 312 g/mol. The number of aryl methyl sites for hydroxylation is 1. The second-order valence-corrected chi connectivity index (χ2v) is 6.72. The number of hydrogen-bond donors (Lipinski definition) is 2. The summed E-state index contributed by atoms with van der Waals surface area (Å²) >= 11 is 1.73. The van der Waals surface area contributed by atoms with E-state index in [0.29, 0.717) is 6.54 Å². The molecule has 118 valence electrons. The zero-order valence-electron chi connectivity index (χ0n) is 13.0. The SMILES string of the molecule is CCN(CC(C)C(=O)O)C(=O)NC(C)Cc1ccc(C)s1. The molecular weight excluding hydrogens is 288 g/mol. The molecule has 0 radical (unpaired) electrons. The van der Waals surface area contributed by atoms with Gasteiger partial charge in [0.15, 0.2) is 0 Å². The Labute approximate surface area is 130 Å². The Morgan fingerprint density at radius 1 is 1.38 bits per heavy atom. The van der Waals surface area contributed by atoms with Gasteiger partial charge in [-0.15, -0.1) is 11.3 Å². The van der Waals surface area contributed by atoms with Gasteiger partial charge in [-0.25, -0.2) is 4.79 Å². The molecule has 0 bridgehead atoms. The van der Waals surface area contributed by atoms with Gasteiger partial charge in [0, 0.05) is 35.3 Å². The van der Waals surface area contributed by atoms with Gasteiger partial charge in [0.05, 0.1) is 5.92 Å². The summed E-state index contributed by atoms with van der Waals surface area (Å²) in [5.74, 6) is -1.45. The number of carbonyl (C=O) groups excluding carboxylic acids is 1. The van der Waals surface area contributed by atoms with Crippen LogP contribution in [0.15, 0.2) is 12.1 Å². The molecule has 1 heterocycles. The van der Waals surface area contributed by atoms with Crippen LogP contribution in [0.1, 0.15) is 30.5 Å². The number of aliphatic carboxylic acids is 1. The summed E-state index contributed by atoms with van der Waals surface area (Å²) in [5.41, 5.74) is 0. The topological polar surface area (TPSA) is 69.6 Å². The fraction of sp³-hybridized carbons (Fsp3) is 0.600. The first-order valence-electron chi connectivity index (χ1n) is 7.17. The fourth-order valence-electron chi connectivity index (χ4n) is 2.01. The zero-order valence-corrected chi connectivity index (χ0v) is 13.9. The molecule has 21 heavy (non-hydrogen) atoms. The third kappa shape index (κ3) is 5.75. The second kappa shape index (κ2) is 8.02. The van der Waals surface area contributed by atoms with Crippen molar-refractivity contribution in [3.8, 4) is 0 Å². The van der Waals surface area contributed by atoms with E-state index in [-0.39, 0.29) is 18.6 Å². The molecule has 2 amide bonds. The number of thiophene rings is 1. The molecule has 0 saturated carbocycles. The Kier molecular flexibility index (Phi) is 6.68. The van der Waals surface area contributed by atoms with Crippen LogP contribution in [0, 0.1) is 12.8 Å². The monoisotopic (exact) mass is 312 g/mol. The van der Waals surface area contributed by atoms with Crippen molar-refractivity contribution >= 4 is 23.3 Å². The number of urea groups is 1. The lowest BCUT2D eigenvalue weighted by Gasteiger charge is -2.25. The maximum Gasteiger partial charge on any atom is 0.317 e. The quantitative estimate of drug-likeness (QED) is 0.813. The summed E-state index contributed by atoms with van der Waals surface area (Å²) in [6, 6.07) is 3.96. The van der Waals surface area contributed by atoms with Crippen LogP contribution >= 0.6 is 11.3 Å². The van der Waals surface area contributed by atoms with E-state index >= 15 is 0 Å². The highest BCUT2D eigenvalue weighted by Gasteiger charge is 2.20. The molecule has 0 spiro atoms. The minimum atomic E-state index is -0.886. The third-order valence-corrected chi connectivity index (χ3v) is 4.28. The minimum Gasteiger partial charge on any atom is -0.481 e. The van der Waals surface area contributed by atoms with Gasteiger partial charge in [0.2, 0.25) is 0 Å². The normalized spacial score (nSPS) is 13.5. The Morgan fingerprint density at radius 2 is 2.05 bits per heavy atom. The summed E-state index contributed by atoms with van der Waals surface area (Å²) in [6.07, 6.45) is 0.788. The van der Waals surface area contributed by atoms with Crippen molar-refractivity contribution in [3.05, 3.63) is 21.9 Å². The van der Waals surface area contributed by atoms with Crippen LogP contribution in [0.5, 0.6) is 0 Å². The van der Waals surface area contributed by atoms with Gasteiger partial charge in [0.25, 0.3) is 0 Å². The van der Waals surface area contributed by atoms with E-state index in [1.165, 1.54) is 14.7 Å². The van der Waals surface area contributed by atoms with Crippen LogP contribution in [0.3, 0.4) is 0 Å². The lowest BCUT2D eigenvalue weighted by Crippen LogP contribution is -2.46. The summed E-state index contributed by atoms with van der Waals surface area (Å²) in [4.78, 5) is 27.1. The van der Waals surface area contributed by atoms with Crippen molar-refractivity contribution in [2.24, 2.45) is 5.92 Å². The molecule has 5 nitrogen and oxygen atoms in total. The molecule has 0 fully saturated rings. The molecule has 0 aliphatic carbocycles. The van der Waals surface area contributed by atoms with E-state index in [0.717, 1.165) is 6.42 Å². The van der Waals surface area contributed by atoms with Crippen molar-refractivity contribution in [2.45, 2.75) is 40.2 Å². The van der Waals surface area contributed by atoms with Gasteiger partial charge >= 0.3 is 12.0 Å². The van der Waals surface area contributed by atoms with Crippen molar-refractivity contribution < 1.29 is 14.7 Å². The smallest absolute Gasteiger partial charge is 0.317 e. The minimum absolute atomic E-state index is 0.0183.